The Morgan fingerprint density at radius 2 is 1.82 bits per heavy atom. The van der Waals surface area contributed by atoms with Crippen molar-refractivity contribution in [1.29, 1.82) is 0 Å². The summed E-state index contributed by atoms with van der Waals surface area (Å²) in [7, 11) is 4.17. The molecule has 1 aromatic rings. The molecule has 0 spiro atoms. The maximum absolute atomic E-state index is 6.10. The molecular weight excluding hydrogens is 272 g/mol. The normalized spacial score (nSPS) is 19.0. The quantitative estimate of drug-likeness (QED) is 0.499. The Kier molecular flexibility index (Phi) is 6.72. The van der Waals surface area contributed by atoms with Crippen LogP contribution in [0, 0.1) is 0 Å². The van der Waals surface area contributed by atoms with Crippen LogP contribution in [-0.4, -0.2) is 37.5 Å². The molecule has 1 aliphatic rings. The third-order valence-electron chi connectivity index (χ3n) is 4.45. The summed E-state index contributed by atoms with van der Waals surface area (Å²) >= 11 is 0. The van der Waals surface area contributed by atoms with Gasteiger partial charge in [0.05, 0.1) is 12.6 Å². The van der Waals surface area contributed by atoms with Gasteiger partial charge in [-0.25, -0.2) is 0 Å². The fraction of sp³-hybridized carbons (Fsp3) is 0.611. The molecule has 1 fully saturated rings. The summed E-state index contributed by atoms with van der Waals surface area (Å²) in [6.45, 7) is 0.683. The second-order valence-corrected chi connectivity index (χ2v) is 6.45. The van der Waals surface area contributed by atoms with E-state index in [0.29, 0.717) is 18.5 Å². The highest BCUT2D eigenvalue weighted by Gasteiger charge is 2.15. The molecule has 0 heterocycles. The van der Waals surface area contributed by atoms with Crippen molar-refractivity contribution in [2.45, 2.75) is 50.6 Å². The van der Waals surface area contributed by atoms with Crippen LogP contribution >= 0.6 is 0 Å². The monoisotopic (exact) mass is 302 g/mol. The van der Waals surface area contributed by atoms with Crippen molar-refractivity contribution in [2.75, 3.05) is 20.6 Å². The van der Waals surface area contributed by atoms with Gasteiger partial charge in [0.15, 0.2) is 5.96 Å². The number of rotatable bonds is 5. The van der Waals surface area contributed by atoms with E-state index >= 15 is 0 Å². The fourth-order valence-corrected chi connectivity index (χ4v) is 3.11. The van der Waals surface area contributed by atoms with Gasteiger partial charge in [0.2, 0.25) is 0 Å². The highest BCUT2D eigenvalue weighted by molar-refractivity contribution is 5.78. The third-order valence-corrected chi connectivity index (χ3v) is 4.45. The van der Waals surface area contributed by atoms with Gasteiger partial charge >= 0.3 is 0 Å². The van der Waals surface area contributed by atoms with Crippen LogP contribution in [0.1, 0.15) is 50.1 Å². The first-order valence-corrected chi connectivity index (χ1v) is 8.44. The van der Waals surface area contributed by atoms with Crippen LogP contribution in [-0.2, 0) is 0 Å². The molecule has 0 radical (unpaired) electrons. The summed E-state index contributed by atoms with van der Waals surface area (Å²) < 4.78 is 0. The van der Waals surface area contributed by atoms with Gasteiger partial charge in [-0.05, 0) is 32.5 Å². The Labute approximate surface area is 134 Å². The lowest BCUT2D eigenvalue weighted by Crippen LogP contribution is -2.40. The van der Waals surface area contributed by atoms with Gasteiger partial charge in [-0.1, -0.05) is 56.0 Å². The van der Waals surface area contributed by atoms with Crippen molar-refractivity contribution < 1.29 is 0 Å². The van der Waals surface area contributed by atoms with Crippen LogP contribution in [0.25, 0.3) is 0 Å². The van der Waals surface area contributed by atoms with Gasteiger partial charge in [0.1, 0.15) is 0 Å². The molecule has 0 amide bonds. The average molecular weight is 302 g/mol. The predicted octanol–water partition coefficient (Wildman–Crippen LogP) is 2.92. The minimum atomic E-state index is 0.260. The van der Waals surface area contributed by atoms with E-state index in [2.05, 4.69) is 53.6 Å². The van der Waals surface area contributed by atoms with Crippen molar-refractivity contribution in [3.8, 4) is 0 Å². The Morgan fingerprint density at radius 1 is 1.18 bits per heavy atom. The zero-order chi connectivity index (χ0) is 15.8. The fourth-order valence-electron chi connectivity index (χ4n) is 3.11. The maximum Gasteiger partial charge on any atom is 0.188 e. The molecule has 0 aliphatic heterocycles. The van der Waals surface area contributed by atoms with Crippen LogP contribution in [0.5, 0.6) is 0 Å². The molecule has 4 nitrogen and oxygen atoms in total. The summed E-state index contributed by atoms with van der Waals surface area (Å²) in [5, 5.41) is 3.41. The number of nitrogens with zero attached hydrogens (tertiary/aromatic N) is 2. The SMILES string of the molecule is CN(C)C(CN=C(N)NC1CCCCCC1)c1ccccc1. The second-order valence-electron chi connectivity index (χ2n) is 6.45. The third kappa shape index (κ3) is 5.34. The van der Waals surface area contributed by atoms with Gasteiger partial charge in [-0.15, -0.1) is 0 Å². The van der Waals surface area contributed by atoms with E-state index in [1.54, 1.807) is 0 Å². The van der Waals surface area contributed by atoms with Gasteiger partial charge in [-0.3, -0.25) is 4.99 Å². The highest BCUT2D eigenvalue weighted by Crippen LogP contribution is 2.19. The zero-order valence-corrected chi connectivity index (χ0v) is 14.0. The molecule has 2 rings (SSSR count). The molecule has 1 unspecified atom stereocenters. The number of hydrogen-bond donors (Lipinski definition) is 2. The molecule has 1 atom stereocenters. The molecule has 0 saturated heterocycles. The van der Waals surface area contributed by atoms with E-state index in [1.807, 2.05) is 6.07 Å². The molecule has 1 saturated carbocycles. The van der Waals surface area contributed by atoms with Crippen LogP contribution in [0.3, 0.4) is 0 Å². The summed E-state index contributed by atoms with van der Waals surface area (Å²) in [4.78, 5) is 6.78. The molecule has 1 aromatic carbocycles. The van der Waals surface area contributed by atoms with E-state index in [-0.39, 0.29) is 6.04 Å². The Hall–Kier alpha value is -1.55. The van der Waals surface area contributed by atoms with Crippen LogP contribution in [0.4, 0.5) is 0 Å². The Balaban J connectivity index is 1.92. The maximum atomic E-state index is 6.10. The summed E-state index contributed by atoms with van der Waals surface area (Å²) in [6, 6.07) is 11.2. The van der Waals surface area contributed by atoms with Crippen molar-refractivity contribution in [3.05, 3.63) is 35.9 Å². The highest BCUT2D eigenvalue weighted by atomic mass is 15.2. The molecule has 122 valence electrons. The smallest absolute Gasteiger partial charge is 0.188 e. The number of likely N-dealkylation sites (N-methyl/N-ethyl adjacent to an activating group) is 1. The van der Waals surface area contributed by atoms with Crippen LogP contribution in [0.15, 0.2) is 35.3 Å². The molecule has 1 aliphatic carbocycles. The number of nitrogens with one attached hydrogen (secondary N) is 1. The number of hydrogen-bond acceptors (Lipinski definition) is 2. The number of nitrogens with two attached hydrogens (primary N) is 1. The summed E-state index contributed by atoms with van der Waals surface area (Å²) in [5.74, 6) is 0.592. The van der Waals surface area contributed by atoms with Crippen LogP contribution < -0.4 is 11.1 Å². The van der Waals surface area contributed by atoms with Crippen molar-refractivity contribution in [1.82, 2.24) is 10.2 Å². The molecule has 3 N–H and O–H groups in total. The van der Waals surface area contributed by atoms with Gasteiger partial charge in [0.25, 0.3) is 0 Å². The van der Waals surface area contributed by atoms with Gasteiger partial charge in [0, 0.05) is 6.04 Å². The van der Waals surface area contributed by atoms with Gasteiger partial charge < -0.3 is 16.0 Å². The Bertz CT molecular complexity index is 447. The minimum absolute atomic E-state index is 0.260. The minimum Gasteiger partial charge on any atom is -0.370 e. The van der Waals surface area contributed by atoms with Crippen molar-refractivity contribution >= 4 is 5.96 Å². The average Bonchev–Trinajstić information content (AvgIpc) is 2.77. The predicted molar refractivity (Wildman–Crippen MR) is 94.0 cm³/mol. The standard InChI is InChI=1S/C18H30N4/c1-22(2)17(15-10-6-5-7-11-15)14-20-18(19)21-16-12-8-3-4-9-13-16/h5-7,10-11,16-17H,3-4,8-9,12-14H2,1-2H3,(H3,19,20,21). The lowest BCUT2D eigenvalue weighted by Gasteiger charge is -2.24. The van der Waals surface area contributed by atoms with E-state index < -0.39 is 0 Å². The molecule has 4 heteroatoms. The number of benzene rings is 1. The summed E-state index contributed by atoms with van der Waals surface area (Å²) in [6.07, 6.45) is 7.74. The van der Waals surface area contributed by atoms with Gasteiger partial charge in [-0.2, -0.15) is 0 Å². The first-order valence-electron chi connectivity index (χ1n) is 8.44. The van der Waals surface area contributed by atoms with Crippen molar-refractivity contribution in [3.63, 3.8) is 0 Å². The lowest BCUT2D eigenvalue weighted by molar-refractivity contribution is 0.306. The van der Waals surface area contributed by atoms with Crippen LogP contribution in [0.2, 0.25) is 0 Å². The zero-order valence-electron chi connectivity index (χ0n) is 14.0. The van der Waals surface area contributed by atoms with E-state index in [0.717, 1.165) is 0 Å². The van der Waals surface area contributed by atoms with Crippen molar-refractivity contribution in [2.24, 2.45) is 10.7 Å². The second kappa shape index (κ2) is 8.79. The largest absolute Gasteiger partial charge is 0.370 e. The Morgan fingerprint density at radius 3 is 2.41 bits per heavy atom. The topological polar surface area (TPSA) is 53.6 Å². The molecule has 22 heavy (non-hydrogen) atoms. The number of aliphatic imine (C=N–C) groups is 1. The summed E-state index contributed by atoms with van der Waals surface area (Å²) in [5.41, 5.74) is 7.38. The van der Waals surface area contributed by atoms with E-state index in [4.69, 9.17) is 5.73 Å². The molecule has 0 aromatic heterocycles. The molecule has 0 bridgehead atoms. The van der Waals surface area contributed by atoms with E-state index in [1.165, 1.54) is 44.1 Å². The molecular formula is C18H30N4. The first-order chi connectivity index (χ1) is 10.7. The first kappa shape index (κ1) is 16.8. The van der Waals surface area contributed by atoms with E-state index in [9.17, 15) is 0 Å². The number of guanidine groups is 1. The lowest BCUT2D eigenvalue weighted by atomic mass is 10.1.